The van der Waals surface area contributed by atoms with Gasteiger partial charge in [-0.1, -0.05) is 12.1 Å². The van der Waals surface area contributed by atoms with E-state index in [1.807, 2.05) is 0 Å². The molecule has 0 aliphatic carbocycles. The Hall–Kier alpha value is -3.10. The van der Waals surface area contributed by atoms with Crippen LogP contribution in [0.15, 0.2) is 36.4 Å². The fourth-order valence-corrected chi connectivity index (χ4v) is 5.65. The zero-order chi connectivity index (χ0) is 23.5. The second kappa shape index (κ2) is 9.18. The molecule has 0 unspecified atom stereocenters. The largest absolute Gasteiger partial charge is 0.450 e. The number of thiocarbonyl (C=S) groups is 1. The molecule has 0 fully saturated rings. The van der Waals surface area contributed by atoms with Crippen molar-refractivity contribution in [1.82, 2.24) is 5.32 Å². The fourth-order valence-electron chi connectivity index (χ4n) is 2.93. The summed E-state index contributed by atoms with van der Waals surface area (Å²) in [5.41, 5.74) is 9.21. The number of ether oxygens (including phenoxy) is 1. The highest BCUT2D eigenvalue weighted by Gasteiger charge is 2.24. The molecule has 4 rings (SSSR count). The van der Waals surface area contributed by atoms with Crippen LogP contribution >= 0.6 is 12.2 Å². The highest BCUT2D eigenvalue weighted by molar-refractivity contribution is 7.92. The number of hydrogen-bond acceptors (Lipinski definition) is 8. The number of anilines is 4. The average molecular weight is 500 g/mol. The lowest BCUT2D eigenvalue weighted by Gasteiger charge is -2.10. The summed E-state index contributed by atoms with van der Waals surface area (Å²) in [6, 6.07) is 10.0. The number of carbonyl (C=O) groups excluding carboxylic acids is 1. The van der Waals surface area contributed by atoms with Crippen molar-refractivity contribution in [2.45, 2.75) is 18.4 Å². The van der Waals surface area contributed by atoms with Crippen molar-refractivity contribution in [3.63, 3.8) is 0 Å². The Morgan fingerprint density at radius 2 is 1.59 bits per heavy atom. The van der Waals surface area contributed by atoms with Gasteiger partial charge in [-0.15, -0.1) is 0 Å². The van der Waals surface area contributed by atoms with Gasteiger partial charge in [0.15, 0.2) is 5.11 Å². The summed E-state index contributed by atoms with van der Waals surface area (Å²) in [6.07, 6.45) is -0.646. The maximum atomic E-state index is 11.4. The van der Waals surface area contributed by atoms with Crippen LogP contribution in [0, 0.1) is 0 Å². The van der Waals surface area contributed by atoms with Gasteiger partial charge in [0.25, 0.3) is 0 Å². The van der Waals surface area contributed by atoms with Gasteiger partial charge in [0.2, 0.25) is 20.0 Å². The van der Waals surface area contributed by atoms with E-state index < -0.39 is 26.1 Å². The molecule has 172 valence electrons. The second-order valence-corrected chi connectivity index (χ2v) is 10.7. The highest BCUT2D eigenvalue weighted by atomic mass is 32.2. The zero-order valence-electron chi connectivity index (χ0n) is 16.8. The third kappa shape index (κ3) is 6.21. The van der Waals surface area contributed by atoms with Crippen molar-refractivity contribution >= 4 is 66.2 Å². The quantitative estimate of drug-likeness (QED) is 0.306. The monoisotopic (exact) mass is 499 g/mol. The molecular weight excluding hydrogens is 478 g/mol. The summed E-state index contributed by atoms with van der Waals surface area (Å²) < 4.78 is 54.4. The first kappa shape index (κ1) is 23.6. The predicted octanol–water partition coefficient (Wildman–Crippen LogP) is 1.91. The minimum absolute atomic E-state index is 0.0336. The molecule has 1 amide bonds. The molecule has 2 aliphatic rings. The number of sulfonamides is 2. The molecule has 0 bridgehead atoms. The van der Waals surface area contributed by atoms with Crippen molar-refractivity contribution in [2.24, 2.45) is 0 Å². The van der Waals surface area contributed by atoms with Crippen molar-refractivity contribution in [3.05, 3.63) is 47.5 Å². The van der Waals surface area contributed by atoms with E-state index in [2.05, 4.69) is 24.8 Å². The average Bonchev–Trinajstić information content (AvgIpc) is 3.14. The smallest absolute Gasteiger partial charge is 0.413 e. The van der Waals surface area contributed by atoms with Crippen LogP contribution < -0.4 is 25.8 Å². The molecule has 0 saturated carbocycles. The summed E-state index contributed by atoms with van der Waals surface area (Å²) in [5, 5.41) is 5.18. The van der Waals surface area contributed by atoms with Gasteiger partial charge >= 0.3 is 6.09 Å². The van der Waals surface area contributed by atoms with E-state index in [0.29, 0.717) is 28.3 Å². The van der Waals surface area contributed by atoms with E-state index in [1.54, 1.807) is 43.3 Å². The standard InChI is InChI=1S/C11H13N3O4S2.C7H8N2O2S/c1-2-18-11(15)13-10(19)12-8-4-3-7-6-20(16,17)14-9(7)5-8;8-6-2-1-5-4-12(10,11)9-7(5)3-6/h3-5,14H,2,6H2,1H3,(H2,12,13,15,19);1-3,9H,4,8H2. The molecule has 0 atom stereocenters. The number of alkyl carbamates (subject to hydrolysis) is 1. The molecular formula is C18H21N5O6S3. The number of carbonyl (C=O) groups is 1. The van der Waals surface area contributed by atoms with Gasteiger partial charge in [-0.2, -0.15) is 0 Å². The first-order valence-corrected chi connectivity index (χ1v) is 12.9. The summed E-state index contributed by atoms with van der Waals surface area (Å²) in [4.78, 5) is 11.2. The summed E-state index contributed by atoms with van der Waals surface area (Å²) in [5.74, 6) is 0.0246. The number of amides is 1. The van der Waals surface area contributed by atoms with Crippen LogP contribution in [0.25, 0.3) is 0 Å². The number of fused-ring (bicyclic) bond motifs is 2. The molecule has 2 aromatic carbocycles. The first-order valence-electron chi connectivity index (χ1n) is 9.23. The third-order valence-electron chi connectivity index (χ3n) is 4.21. The Kier molecular flexibility index (Phi) is 6.76. The number of benzene rings is 2. The topological polar surface area (TPSA) is 169 Å². The second-order valence-electron chi connectivity index (χ2n) is 6.81. The van der Waals surface area contributed by atoms with Crippen LogP contribution in [0.5, 0.6) is 0 Å². The van der Waals surface area contributed by atoms with Crippen LogP contribution in [-0.2, 0) is 36.3 Å². The van der Waals surface area contributed by atoms with E-state index >= 15 is 0 Å². The van der Waals surface area contributed by atoms with Gasteiger partial charge in [0.05, 0.1) is 29.5 Å². The first-order chi connectivity index (χ1) is 15.0. The lowest BCUT2D eigenvalue weighted by molar-refractivity contribution is 0.158. The lowest BCUT2D eigenvalue weighted by Crippen LogP contribution is -2.34. The summed E-state index contributed by atoms with van der Waals surface area (Å²) >= 11 is 4.94. The Balaban J connectivity index is 0.000000204. The van der Waals surface area contributed by atoms with E-state index in [0.717, 1.165) is 5.56 Å². The molecule has 2 aliphatic heterocycles. The highest BCUT2D eigenvalue weighted by Crippen LogP contribution is 2.30. The van der Waals surface area contributed by atoms with Gasteiger partial charge in [0.1, 0.15) is 0 Å². The number of nitrogens with one attached hydrogen (secondary N) is 4. The van der Waals surface area contributed by atoms with Gasteiger partial charge < -0.3 is 15.8 Å². The van der Waals surface area contributed by atoms with Gasteiger partial charge in [0, 0.05) is 11.4 Å². The van der Waals surface area contributed by atoms with E-state index in [4.69, 9.17) is 18.0 Å². The van der Waals surface area contributed by atoms with Crippen LogP contribution in [-0.4, -0.2) is 34.6 Å². The van der Waals surface area contributed by atoms with E-state index in [-0.39, 0.29) is 23.2 Å². The molecule has 0 saturated heterocycles. The SMILES string of the molecule is CCOC(=O)NC(=S)Nc1ccc2c(c1)NS(=O)(=O)C2.Nc1ccc2c(c1)NS(=O)(=O)C2. The Labute approximate surface area is 190 Å². The molecule has 0 radical (unpaired) electrons. The molecule has 14 heteroatoms. The predicted molar refractivity (Wildman–Crippen MR) is 126 cm³/mol. The molecule has 32 heavy (non-hydrogen) atoms. The number of hydrogen-bond donors (Lipinski definition) is 5. The van der Waals surface area contributed by atoms with E-state index in [1.165, 1.54) is 0 Å². The van der Waals surface area contributed by atoms with Crippen LogP contribution in [0.3, 0.4) is 0 Å². The minimum atomic E-state index is -3.28. The molecule has 0 aromatic heterocycles. The Bertz CT molecular complexity index is 1280. The number of nitrogens with two attached hydrogens (primary N) is 1. The maximum Gasteiger partial charge on any atom is 0.413 e. The zero-order valence-corrected chi connectivity index (χ0v) is 19.3. The van der Waals surface area contributed by atoms with Crippen LogP contribution in [0.2, 0.25) is 0 Å². The molecule has 6 N–H and O–H groups in total. The van der Waals surface area contributed by atoms with Gasteiger partial charge in [-0.25, -0.2) is 21.6 Å². The van der Waals surface area contributed by atoms with Crippen molar-refractivity contribution in [3.8, 4) is 0 Å². The van der Waals surface area contributed by atoms with Crippen molar-refractivity contribution in [2.75, 3.05) is 27.1 Å². The van der Waals surface area contributed by atoms with E-state index in [9.17, 15) is 21.6 Å². The van der Waals surface area contributed by atoms with Crippen LogP contribution in [0.4, 0.5) is 27.5 Å². The maximum absolute atomic E-state index is 11.4. The van der Waals surface area contributed by atoms with Gasteiger partial charge in [-0.3, -0.25) is 14.8 Å². The normalized spacial score (nSPS) is 16.2. The molecule has 2 heterocycles. The lowest BCUT2D eigenvalue weighted by atomic mass is 10.2. The van der Waals surface area contributed by atoms with Crippen LogP contribution in [0.1, 0.15) is 18.1 Å². The van der Waals surface area contributed by atoms with Crippen molar-refractivity contribution < 1.29 is 26.4 Å². The molecule has 11 nitrogen and oxygen atoms in total. The summed E-state index contributed by atoms with van der Waals surface area (Å²) in [6.45, 7) is 1.93. The molecule has 2 aromatic rings. The number of nitrogen functional groups attached to an aromatic ring is 1. The van der Waals surface area contributed by atoms with Gasteiger partial charge in [-0.05, 0) is 54.5 Å². The Morgan fingerprint density at radius 3 is 2.19 bits per heavy atom. The molecule has 0 spiro atoms. The fraction of sp³-hybridized carbons (Fsp3) is 0.222. The minimum Gasteiger partial charge on any atom is -0.450 e. The third-order valence-corrected chi connectivity index (χ3v) is 6.86. The van der Waals surface area contributed by atoms with Crippen molar-refractivity contribution in [1.29, 1.82) is 0 Å². The summed E-state index contributed by atoms with van der Waals surface area (Å²) in [7, 11) is -6.41. The Morgan fingerprint density at radius 1 is 1.03 bits per heavy atom. The number of rotatable bonds is 2.